The van der Waals surface area contributed by atoms with Crippen molar-refractivity contribution in [1.29, 1.82) is 0 Å². The van der Waals surface area contributed by atoms with Gasteiger partial charge in [-0.2, -0.15) is 0 Å². The lowest BCUT2D eigenvalue weighted by molar-refractivity contribution is -0.128. The number of carbonyl (C=O) groups is 1. The average Bonchev–Trinajstić information content (AvgIpc) is 2.44. The minimum absolute atomic E-state index is 0.110. The summed E-state index contributed by atoms with van der Waals surface area (Å²) in [5, 5.41) is 3.20. The summed E-state index contributed by atoms with van der Waals surface area (Å²) in [7, 11) is 7.26. The number of hydrogen-bond acceptors (Lipinski definition) is 2. The zero-order valence-corrected chi connectivity index (χ0v) is 12.8. The Morgan fingerprint density at radius 3 is 2.40 bits per heavy atom. The van der Waals surface area contributed by atoms with Crippen molar-refractivity contribution < 1.29 is 4.79 Å². The molecule has 1 N–H and O–H groups in total. The van der Waals surface area contributed by atoms with Crippen LogP contribution < -0.4 is 5.32 Å². The SMILES string of the molecule is CN=C(NCCC(=O)N(C)C)N(C)Cc1ccccc1. The lowest BCUT2D eigenvalue weighted by Gasteiger charge is -2.22. The standard InChI is InChI=1S/C15H24N4O/c1-16-15(17-11-10-14(20)18(2)3)19(4)12-13-8-6-5-7-9-13/h5-9H,10-12H2,1-4H3,(H,16,17). The van der Waals surface area contributed by atoms with Crippen molar-refractivity contribution in [2.45, 2.75) is 13.0 Å². The van der Waals surface area contributed by atoms with Crippen LogP contribution in [0.3, 0.4) is 0 Å². The molecule has 5 nitrogen and oxygen atoms in total. The molecule has 0 radical (unpaired) electrons. The third-order valence-corrected chi connectivity index (χ3v) is 2.96. The minimum Gasteiger partial charge on any atom is -0.356 e. The number of guanidine groups is 1. The van der Waals surface area contributed by atoms with Crippen LogP contribution in [-0.4, -0.2) is 56.4 Å². The van der Waals surface area contributed by atoms with E-state index >= 15 is 0 Å². The molecule has 1 amide bonds. The third-order valence-electron chi connectivity index (χ3n) is 2.96. The van der Waals surface area contributed by atoms with E-state index in [-0.39, 0.29) is 5.91 Å². The summed E-state index contributed by atoms with van der Waals surface area (Å²) in [5.74, 6) is 0.902. The van der Waals surface area contributed by atoms with Gasteiger partial charge in [-0.05, 0) is 5.56 Å². The monoisotopic (exact) mass is 276 g/mol. The normalized spacial score (nSPS) is 11.1. The van der Waals surface area contributed by atoms with E-state index in [1.807, 2.05) is 30.1 Å². The summed E-state index contributed by atoms with van der Waals surface area (Å²) in [5.41, 5.74) is 1.22. The first-order valence-electron chi connectivity index (χ1n) is 6.70. The fourth-order valence-corrected chi connectivity index (χ4v) is 1.82. The zero-order valence-electron chi connectivity index (χ0n) is 12.8. The highest BCUT2D eigenvalue weighted by atomic mass is 16.2. The summed E-state index contributed by atoms with van der Waals surface area (Å²) >= 11 is 0. The predicted octanol–water partition coefficient (Wildman–Crippen LogP) is 1.17. The molecular formula is C15H24N4O. The maximum Gasteiger partial charge on any atom is 0.223 e. The Bertz CT molecular complexity index is 442. The Balaban J connectivity index is 2.44. The van der Waals surface area contributed by atoms with Gasteiger partial charge in [0.05, 0.1) is 0 Å². The maximum absolute atomic E-state index is 11.5. The molecule has 0 bridgehead atoms. The largest absolute Gasteiger partial charge is 0.356 e. The van der Waals surface area contributed by atoms with E-state index in [1.165, 1.54) is 5.56 Å². The highest BCUT2D eigenvalue weighted by Gasteiger charge is 2.08. The zero-order chi connectivity index (χ0) is 15.0. The van der Waals surface area contributed by atoms with Gasteiger partial charge in [0.15, 0.2) is 5.96 Å². The fourth-order valence-electron chi connectivity index (χ4n) is 1.82. The van der Waals surface area contributed by atoms with Crippen LogP contribution in [0.2, 0.25) is 0 Å². The first-order chi connectivity index (χ1) is 9.54. The predicted molar refractivity (Wildman–Crippen MR) is 82.6 cm³/mol. The Hall–Kier alpha value is -2.04. The maximum atomic E-state index is 11.5. The topological polar surface area (TPSA) is 47.9 Å². The number of carbonyl (C=O) groups excluding carboxylic acids is 1. The van der Waals surface area contributed by atoms with E-state index in [9.17, 15) is 4.79 Å². The molecule has 0 saturated carbocycles. The lowest BCUT2D eigenvalue weighted by atomic mass is 10.2. The summed E-state index contributed by atoms with van der Waals surface area (Å²) < 4.78 is 0. The Kier molecular flexibility index (Phi) is 6.56. The van der Waals surface area contributed by atoms with Crippen LogP contribution in [0.1, 0.15) is 12.0 Å². The van der Waals surface area contributed by atoms with Crippen LogP contribution in [0.4, 0.5) is 0 Å². The molecule has 20 heavy (non-hydrogen) atoms. The highest BCUT2D eigenvalue weighted by Crippen LogP contribution is 2.02. The molecule has 1 rings (SSSR count). The second kappa shape index (κ2) is 8.19. The summed E-state index contributed by atoms with van der Waals surface area (Å²) in [6.45, 7) is 1.37. The fraction of sp³-hybridized carbons (Fsp3) is 0.467. The molecule has 0 saturated heterocycles. The average molecular weight is 276 g/mol. The van der Waals surface area contributed by atoms with Gasteiger partial charge >= 0.3 is 0 Å². The van der Waals surface area contributed by atoms with E-state index in [1.54, 1.807) is 26.0 Å². The number of aliphatic imine (C=N–C) groups is 1. The second-order valence-electron chi connectivity index (χ2n) is 4.85. The van der Waals surface area contributed by atoms with Gasteiger partial charge in [-0.1, -0.05) is 30.3 Å². The molecule has 1 aromatic rings. The Morgan fingerprint density at radius 2 is 1.85 bits per heavy atom. The molecule has 0 aliphatic heterocycles. The van der Waals surface area contributed by atoms with Gasteiger partial charge in [0.1, 0.15) is 0 Å². The van der Waals surface area contributed by atoms with E-state index in [4.69, 9.17) is 0 Å². The molecule has 5 heteroatoms. The molecule has 0 aliphatic rings. The number of nitrogens with zero attached hydrogens (tertiary/aromatic N) is 3. The summed E-state index contributed by atoms with van der Waals surface area (Å²) in [4.78, 5) is 19.4. The van der Waals surface area contributed by atoms with Gasteiger partial charge in [0, 0.05) is 47.7 Å². The van der Waals surface area contributed by atoms with E-state index in [0.717, 1.165) is 12.5 Å². The van der Waals surface area contributed by atoms with E-state index in [0.29, 0.717) is 13.0 Å². The Morgan fingerprint density at radius 1 is 1.20 bits per heavy atom. The quantitative estimate of drug-likeness (QED) is 0.649. The van der Waals surface area contributed by atoms with Crippen molar-refractivity contribution in [3.05, 3.63) is 35.9 Å². The van der Waals surface area contributed by atoms with Crippen LogP contribution >= 0.6 is 0 Å². The van der Waals surface area contributed by atoms with Crippen molar-refractivity contribution >= 4 is 11.9 Å². The molecule has 0 aliphatic carbocycles. The molecule has 0 atom stereocenters. The lowest BCUT2D eigenvalue weighted by Crippen LogP contribution is -2.40. The number of amides is 1. The van der Waals surface area contributed by atoms with Crippen LogP contribution in [-0.2, 0) is 11.3 Å². The molecule has 0 aromatic heterocycles. The van der Waals surface area contributed by atoms with Crippen LogP contribution in [0.25, 0.3) is 0 Å². The van der Waals surface area contributed by atoms with Gasteiger partial charge in [-0.15, -0.1) is 0 Å². The molecule has 0 heterocycles. The number of nitrogens with one attached hydrogen (secondary N) is 1. The van der Waals surface area contributed by atoms with Crippen molar-refractivity contribution in [3.63, 3.8) is 0 Å². The van der Waals surface area contributed by atoms with E-state index in [2.05, 4.69) is 22.4 Å². The molecule has 110 valence electrons. The third kappa shape index (κ3) is 5.30. The molecule has 1 aromatic carbocycles. The number of rotatable bonds is 5. The minimum atomic E-state index is 0.110. The van der Waals surface area contributed by atoms with Gasteiger partial charge in [0.2, 0.25) is 5.91 Å². The first kappa shape index (κ1) is 16.0. The van der Waals surface area contributed by atoms with Gasteiger partial charge in [-0.25, -0.2) is 0 Å². The summed E-state index contributed by atoms with van der Waals surface area (Å²) in [6.07, 6.45) is 0.463. The number of benzene rings is 1. The van der Waals surface area contributed by atoms with Crippen molar-refractivity contribution in [2.24, 2.45) is 4.99 Å². The number of hydrogen-bond donors (Lipinski definition) is 1. The second-order valence-corrected chi connectivity index (χ2v) is 4.85. The van der Waals surface area contributed by atoms with Crippen molar-refractivity contribution in [2.75, 3.05) is 34.7 Å². The molecule has 0 fully saturated rings. The van der Waals surface area contributed by atoms with Crippen molar-refractivity contribution in [3.8, 4) is 0 Å². The van der Waals surface area contributed by atoms with Crippen LogP contribution in [0.5, 0.6) is 0 Å². The molecule has 0 unspecified atom stereocenters. The van der Waals surface area contributed by atoms with E-state index < -0.39 is 0 Å². The van der Waals surface area contributed by atoms with Gasteiger partial charge in [-0.3, -0.25) is 9.79 Å². The Labute approximate surface area is 121 Å². The van der Waals surface area contributed by atoms with Gasteiger partial charge < -0.3 is 15.1 Å². The van der Waals surface area contributed by atoms with Gasteiger partial charge in [0.25, 0.3) is 0 Å². The molecular weight excluding hydrogens is 252 g/mol. The smallest absolute Gasteiger partial charge is 0.223 e. The highest BCUT2D eigenvalue weighted by molar-refractivity contribution is 5.81. The first-order valence-corrected chi connectivity index (χ1v) is 6.70. The summed E-state index contributed by atoms with van der Waals surface area (Å²) in [6, 6.07) is 10.2. The van der Waals surface area contributed by atoms with Crippen LogP contribution in [0.15, 0.2) is 35.3 Å². The molecule has 0 spiro atoms. The van der Waals surface area contributed by atoms with Crippen LogP contribution in [0, 0.1) is 0 Å². The van der Waals surface area contributed by atoms with Crippen molar-refractivity contribution in [1.82, 2.24) is 15.1 Å².